The standard InChI is InChI=1S/C8H10F2N2O2S2/c1-3-5-11(7(9)13)15-16-12(6-4-2)8(10)14/h3-4H,1-2,5-6H2. The Kier molecular flexibility index (Phi) is 7.65. The van der Waals surface area contributed by atoms with Crippen LogP contribution in [0.5, 0.6) is 0 Å². The summed E-state index contributed by atoms with van der Waals surface area (Å²) in [4.78, 5) is 20.9. The van der Waals surface area contributed by atoms with Crippen LogP contribution in [-0.2, 0) is 0 Å². The van der Waals surface area contributed by atoms with E-state index in [9.17, 15) is 18.4 Å². The first-order valence-electron chi connectivity index (χ1n) is 4.03. The monoisotopic (exact) mass is 268 g/mol. The number of rotatable bonds is 7. The van der Waals surface area contributed by atoms with Gasteiger partial charge in [-0.25, -0.2) is 18.2 Å². The molecule has 0 aliphatic heterocycles. The quantitative estimate of drug-likeness (QED) is 0.233. The Morgan fingerprint density at radius 2 is 1.31 bits per heavy atom. The van der Waals surface area contributed by atoms with Crippen LogP contribution in [0.2, 0.25) is 0 Å². The van der Waals surface area contributed by atoms with Crippen molar-refractivity contribution in [3.63, 3.8) is 0 Å². The molecule has 0 saturated heterocycles. The van der Waals surface area contributed by atoms with Gasteiger partial charge in [0.05, 0.1) is 13.1 Å². The van der Waals surface area contributed by atoms with Crippen LogP contribution in [0.3, 0.4) is 0 Å². The molecule has 0 fully saturated rings. The van der Waals surface area contributed by atoms with E-state index in [0.29, 0.717) is 30.6 Å². The summed E-state index contributed by atoms with van der Waals surface area (Å²) in [7, 11) is 1.20. The predicted octanol–water partition coefficient (Wildman–Crippen LogP) is 3.35. The van der Waals surface area contributed by atoms with Gasteiger partial charge in [0, 0.05) is 22.0 Å². The molecule has 0 unspecified atom stereocenters. The van der Waals surface area contributed by atoms with Crippen LogP contribution in [0.1, 0.15) is 0 Å². The SMILES string of the molecule is C=CCN(SSN(CC=C)C(=O)F)C(=O)F. The first kappa shape index (κ1) is 15.0. The third-order valence-corrected chi connectivity index (χ3v) is 3.49. The maximum absolute atomic E-state index is 12.4. The van der Waals surface area contributed by atoms with Crippen LogP contribution in [0.25, 0.3) is 0 Å². The molecule has 0 rings (SSSR count). The summed E-state index contributed by atoms with van der Waals surface area (Å²) in [6, 6.07) is 0. The molecule has 8 heteroatoms. The first-order chi connectivity index (χ1) is 7.52. The number of carbonyl (C=O) groups is 2. The highest BCUT2D eigenvalue weighted by Gasteiger charge is 2.18. The largest absolute Gasteiger partial charge is 0.411 e. The molecule has 0 aliphatic rings. The molecule has 0 spiro atoms. The van der Waals surface area contributed by atoms with E-state index in [1.165, 1.54) is 12.2 Å². The lowest BCUT2D eigenvalue weighted by atomic mass is 10.6. The molecule has 0 aromatic carbocycles. The van der Waals surface area contributed by atoms with Gasteiger partial charge in [0.25, 0.3) is 0 Å². The molecule has 0 aromatic rings. The Morgan fingerprint density at radius 3 is 1.50 bits per heavy atom. The Balaban J connectivity index is 4.24. The van der Waals surface area contributed by atoms with Crippen molar-refractivity contribution in [1.29, 1.82) is 0 Å². The number of hydrogen-bond donors (Lipinski definition) is 0. The van der Waals surface area contributed by atoms with E-state index in [0.717, 1.165) is 0 Å². The smallest absolute Gasteiger partial charge is 0.243 e. The fourth-order valence-electron chi connectivity index (χ4n) is 0.578. The van der Waals surface area contributed by atoms with Gasteiger partial charge in [-0.05, 0) is 0 Å². The zero-order valence-corrected chi connectivity index (χ0v) is 9.90. The van der Waals surface area contributed by atoms with Gasteiger partial charge in [0.2, 0.25) is 0 Å². The van der Waals surface area contributed by atoms with E-state index in [4.69, 9.17) is 0 Å². The lowest BCUT2D eigenvalue weighted by molar-refractivity contribution is 0.205. The van der Waals surface area contributed by atoms with Gasteiger partial charge >= 0.3 is 12.3 Å². The number of halogens is 2. The van der Waals surface area contributed by atoms with E-state index in [-0.39, 0.29) is 13.1 Å². The zero-order valence-electron chi connectivity index (χ0n) is 8.27. The fourth-order valence-corrected chi connectivity index (χ4v) is 2.39. The molecule has 0 aromatic heterocycles. The average Bonchev–Trinajstić information content (AvgIpc) is 2.21. The topological polar surface area (TPSA) is 40.6 Å². The molecule has 0 saturated carbocycles. The van der Waals surface area contributed by atoms with Crippen LogP contribution >= 0.6 is 22.0 Å². The van der Waals surface area contributed by atoms with Crippen molar-refractivity contribution < 1.29 is 18.4 Å². The van der Waals surface area contributed by atoms with Gasteiger partial charge in [-0.15, -0.1) is 21.9 Å². The van der Waals surface area contributed by atoms with Crippen LogP contribution in [0.15, 0.2) is 25.3 Å². The third-order valence-electron chi connectivity index (χ3n) is 1.20. The lowest BCUT2D eigenvalue weighted by Crippen LogP contribution is -2.22. The van der Waals surface area contributed by atoms with Crippen molar-refractivity contribution in [3.8, 4) is 0 Å². The van der Waals surface area contributed by atoms with E-state index in [1.54, 1.807) is 0 Å². The minimum atomic E-state index is -1.69. The number of hydrogen-bond acceptors (Lipinski definition) is 4. The minimum absolute atomic E-state index is 0.0462. The Bertz CT molecular complexity index is 261. The van der Waals surface area contributed by atoms with E-state index < -0.39 is 12.3 Å². The van der Waals surface area contributed by atoms with Crippen molar-refractivity contribution in [2.45, 2.75) is 0 Å². The van der Waals surface area contributed by atoms with Gasteiger partial charge < -0.3 is 0 Å². The highest BCUT2D eigenvalue weighted by molar-refractivity contribution is 8.75. The number of nitrogens with zero attached hydrogens (tertiary/aromatic N) is 2. The van der Waals surface area contributed by atoms with Crippen molar-refractivity contribution >= 4 is 34.3 Å². The minimum Gasteiger partial charge on any atom is -0.243 e. The predicted molar refractivity (Wildman–Crippen MR) is 62.0 cm³/mol. The lowest BCUT2D eigenvalue weighted by Gasteiger charge is -2.18. The second-order valence-corrected chi connectivity index (χ2v) is 4.43. The summed E-state index contributed by atoms with van der Waals surface area (Å²) >= 11 is 0. The molecule has 0 atom stereocenters. The molecule has 2 amide bonds. The average molecular weight is 268 g/mol. The number of amides is 2. The van der Waals surface area contributed by atoms with Crippen LogP contribution in [-0.4, -0.2) is 34.0 Å². The Labute approximate surface area is 100 Å². The molecular formula is C8H10F2N2O2S2. The summed E-state index contributed by atoms with van der Waals surface area (Å²) in [5.74, 6) is 0. The maximum atomic E-state index is 12.4. The Hall–Kier alpha value is -1.02. The molecule has 0 N–H and O–H groups in total. The molecule has 0 aliphatic carbocycles. The second kappa shape index (κ2) is 8.17. The number of carbonyl (C=O) groups excluding carboxylic acids is 2. The van der Waals surface area contributed by atoms with E-state index in [1.807, 2.05) is 0 Å². The molecule has 4 nitrogen and oxygen atoms in total. The second-order valence-electron chi connectivity index (χ2n) is 2.35. The summed E-state index contributed by atoms with van der Waals surface area (Å²) < 4.78 is 26.1. The van der Waals surface area contributed by atoms with Crippen LogP contribution in [0, 0.1) is 0 Å². The van der Waals surface area contributed by atoms with Gasteiger partial charge in [0.15, 0.2) is 0 Å². The van der Waals surface area contributed by atoms with Crippen molar-refractivity contribution in [3.05, 3.63) is 25.3 Å². The molecule has 16 heavy (non-hydrogen) atoms. The highest BCUT2D eigenvalue weighted by Crippen LogP contribution is 2.30. The highest BCUT2D eigenvalue weighted by atomic mass is 33.1. The normalized spacial score (nSPS) is 9.38. The molecule has 90 valence electrons. The zero-order chi connectivity index (χ0) is 12.6. The molecule has 0 radical (unpaired) electrons. The summed E-state index contributed by atoms with van der Waals surface area (Å²) in [5, 5.41) is 0. The van der Waals surface area contributed by atoms with Crippen molar-refractivity contribution in [2.75, 3.05) is 13.1 Å². The third kappa shape index (κ3) is 5.76. The summed E-state index contributed by atoms with van der Waals surface area (Å²) in [5.41, 5.74) is 0. The van der Waals surface area contributed by atoms with Gasteiger partial charge in [-0.1, -0.05) is 12.2 Å². The molecule has 0 heterocycles. The van der Waals surface area contributed by atoms with Crippen LogP contribution in [0.4, 0.5) is 18.4 Å². The maximum Gasteiger partial charge on any atom is 0.411 e. The van der Waals surface area contributed by atoms with Gasteiger partial charge in [-0.3, -0.25) is 0 Å². The van der Waals surface area contributed by atoms with Gasteiger partial charge in [-0.2, -0.15) is 0 Å². The van der Waals surface area contributed by atoms with Crippen molar-refractivity contribution in [1.82, 2.24) is 8.61 Å². The van der Waals surface area contributed by atoms with Crippen molar-refractivity contribution in [2.24, 2.45) is 0 Å². The Morgan fingerprint density at radius 1 is 1.00 bits per heavy atom. The molecule has 0 bridgehead atoms. The molecular weight excluding hydrogens is 258 g/mol. The summed E-state index contributed by atoms with van der Waals surface area (Å²) in [6.45, 7) is 6.56. The fraction of sp³-hybridized carbons (Fsp3) is 0.250. The van der Waals surface area contributed by atoms with Gasteiger partial charge in [0.1, 0.15) is 0 Å². The summed E-state index contributed by atoms with van der Waals surface area (Å²) in [6.07, 6.45) is -0.773. The van der Waals surface area contributed by atoms with E-state index >= 15 is 0 Å². The van der Waals surface area contributed by atoms with Crippen LogP contribution < -0.4 is 0 Å². The van der Waals surface area contributed by atoms with E-state index in [2.05, 4.69) is 13.2 Å². The first-order valence-corrected chi connectivity index (χ1v) is 6.09.